The summed E-state index contributed by atoms with van der Waals surface area (Å²) in [6.45, 7) is 3.73. The van der Waals surface area contributed by atoms with Gasteiger partial charge in [0.1, 0.15) is 11.6 Å². The van der Waals surface area contributed by atoms with E-state index >= 15 is 0 Å². The van der Waals surface area contributed by atoms with E-state index < -0.39 is 0 Å². The van der Waals surface area contributed by atoms with E-state index in [4.69, 9.17) is 14.7 Å². The van der Waals surface area contributed by atoms with Crippen LogP contribution in [0.3, 0.4) is 0 Å². The first-order valence-electron chi connectivity index (χ1n) is 11.0. The van der Waals surface area contributed by atoms with Crippen LogP contribution in [0.15, 0.2) is 46.6 Å². The molecule has 2 fully saturated rings. The number of aromatic nitrogens is 3. The molecular formula is C23H26N6O2S2. The Morgan fingerprint density at radius 2 is 2.03 bits per heavy atom. The van der Waals surface area contributed by atoms with Crippen molar-refractivity contribution in [2.24, 2.45) is 5.92 Å². The summed E-state index contributed by atoms with van der Waals surface area (Å²) in [5.74, 6) is 1.88. The van der Waals surface area contributed by atoms with Gasteiger partial charge < -0.3 is 20.3 Å². The van der Waals surface area contributed by atoms with Gasteiger partial charge in [-0.05, 0) is 62.2 Å². The number of ether oxygens (including phenoxy) is 1. The molecule has 8 nitrogen and oxygen atoms in total. The predicted molar refractivity (Wildman–Crippen MR) is 132 cm³/mol. The van der Waals surface area contributed by atoms with Crippen molar-refractivity contribution < 1.29 is 9.53 Å². The summed E-state index contributed by atoms with van der Waals surface area (Å²) in [6.07, 6.45) is 5.02. The third kappa shape index (κ3) is 5.63. The van der Waals surface area contributed by atoms with Crippen molar-refractivity contribution in [3.8, 4) is 0 Å². The SMILES string of the molecule is CO[C@H]1CCN(c2cc(Nc3ncc(C)s3)nc(Sc3ccc(NC(=O)C4CC4)cc3)n2)C1. The Morgan fingerprint density at radius 1 is 1.21 bits per heavy atom. The maximum absolute atomic E-state index is 12.0. The number of nitrogens with zero attached hydrogens (tertiary/aromatic N) is 4. The van der Waals surface area contributed by atoms with Gasteiger partial charge in [-0.1, -0.05) is 0 Å². The van der Waals surface area contributed by atoms with Crippen molar-refractivity contribution in [1.29, 1.82) is 0 Å². The average molecular weight is 483 g/mol. The number of aryl methyl sites for hydroxylation is 1. The molecule has 0 spiro atoms. The highest BCUT2D eigenvalue weighted by Gasteiger charge is 2.29. The molecule has 1 saturated carbocycles. The molecule has 2 N–H and O–H groups in total. The molecular weight excluding hydrogens is 456 g/mol. The van der Waals surface area contributed by atoms with Crippen molar-refractivity contribution in [2.75, 3.05) is 35.7 Å². The Hall–Kier alpha value is -2.69. The second-order valence-electron chi connectivity index (χ2n) is 8.28. The number of hydrogen-bond acceptors (Lipinski definition) is 9. The summed E-state index contributed by atoms with van der Waals surface area (Å²) >= 11 is 3.08. The van der Waals surface area contributed by atoms with E-state index in [-0.39, 0.29) is 17.9 Å². The highest BCUT2D eigenvalue weighted by atomic mass is 32.2. The number of carbonyl (C=O) groups excluding carboxylic acids is 1. The van der Waals surface area contributed by atoms with Gasteiger partial charge in [0, 0.05) is 53.8 Å². The summed E-state index contributed by atoms with van der Waals surface area (Å²) in [4.78, 5) is 30.3. The van der Waals surface area contributed by atoms with Crippen molar-refractivity contribution in [3.05, 3.63) is 41.4 Å². The van der Waals surface area contributed by atoms with Crippen molar-refractivity contribution >= 4 is 51.5 Å². The van der Waals surface area contributed by atoms with Gasteiger partial charge >= 0.3 is 0 Å². The minimum absolute atomic E-state index is 0.111. The molecule has 33 heavy (non-hydrogen) atoms. The quantitative estimate of drug-likeness (QED) is 0.446. The van der Waals surface area contributed by atoms with Gasteiger partial charge in [-0.25, -0.2) is 15.0 Å². The van der Waals surface area contributed by atoms with Crippen molar-refractivity contribution in [1.82, 2.24) is 15.0 Å². The molecule has 2 aromatic heterocycles. The number of nitrogens with one attached hydrogen (secondary N) is 2. The molecule has 1 aliphatic carbocycles. The van der Waals surface area contributed by atoms with E-state index in [1.165, 1.54) is 11.8 Å². The van der Waals surface area contributed by atoms with Crippen LogP contribution in [0.25, 0.3) is 0 Å². The van der Waals surface area contributed by atoms with Crippen LogP contribution in [0, 0.1) is 12.8 Å². The Kier molecular flexibility index (Phi) is 6.48. The zero-order chi connectivity index (χ0) is 22.8. The number of amides is 1. The maximum Gasteiger partial charge on any atom is 0.227 e. The number of carbonyl (C=O) groups is 1. The van der Waals surface area contributed by atoms with Crippen LogP contribution < -0.4 is 15.5 Å². The van der Waals surface area contributed by atoms with Crippen LogP contribution in [0.2, 0.25) is 0 Å². The summed E-state index contributed by atoms with van der Waals surface area (Å²) in [7, 11) is 1.75. The van der Waals surface area contributed by atoms with Crippen LogP contribution in [0.1, 0.15) is 24.1 Å². The highest BCUT2D eigenvalue weighted by molar-refractivity contribution is 7.99. The van der Waals surface area contributed by atoms with Crippen molar-refractivity contribution in [3.63, 3.8) is 0 Å². The summed E-state index contributed by atoms with van der Waals surface area (Å²) < 4.78 is 5.53. The first kappa shape index (κ1) is 22.1. The monoisotopic (exact) mass is 482 g/mol. The van der Waals surface area contributed by atoms with E-state index in [1.54, 1.807) is 18.4 Å². The van der Waals surface area contributed by atoms with Gasteiger partial charge in [-0.2, -0.15) is 0 Å². The maximum atomic E-state index is 12.0. The Morgan fingerprint density at radius 3 is 2.70 bits per heavy atom. The lowest BCUT2D eigenvalue weighted by Gasteiger charge is -2.18. The first-order valence-corrected chi connectivity index (χ1v) is 12.6. The molecule has 5 rings (SSSR count). The van der Waals surface area contributed by atoms with Crippen molar-refractivity contribution in [2.45, 2.75) is 42.3 Å². The summed E-state index contributed by atoms with van der Waals surface area (Å²) in [6, 6.07) is 9.78. The molecule has 1 aromatic carbocycles. The van der Waals surface area contributed by atoms with E-state index in [0.29, 0.717) is 11.0 Å². The van der Waals surface area contributed by atoms with Gasteiger partial charge in [0.05, 0.1) is 6.10 Å². The standard InChI is InChI=1S/C23H26N6O2S2/c1-14-12-24-22(32-14)26-19-11-20(29-10-9-17(13-29)31-2)28-23(27-19)33-18-7-5-16(6-8-18)25-21(30)15-3-4-15/h5-8,11-12,15,17H,3-4,9-10,13H2,1-2H3,(H,25,30)(H,24,26,27,28)/t17-/m0/s1. The molecule has 1 saturated heterocycles. The largest absolute Gasteiger partial charge is 0.380 e. The molecule has 1 atom stereocenters. The van der Waals surface area contributed by atoms with Gasteiger partial charge in [-0.15, -0.1) is 11.3 Å². The number of anilines is 4. The average Bonchev–Trinajstić information content (AvgIpc) is 3.42. The normalized spacial score (nSPS) is 17.9. The minimum Gasteiger partial charge on any atom is -0.380 e. The van der Waals surface area contributed by atoms with Crippen LogP contribution in [0.5, 0.6) is 0 Å². The molecule has 1 aliphatic heterocycles. The summed E-state index contributed by atoms with van der Waals surface area (Å²) in [5.41, 5.74) is 0.815. The zero-order valence-corrected chi connectivity index (χ0v) is 20.2. The number of thiazole rings is 1. The third-order valence-electron chi connectivity index (χ3n) is 5.63. The second-order valence-corrected chi connectivity index (χ2v) is 10.6. The fourth-order valence-electron chi connectivity index (χ4n) is 3.64. The van der Waals surface area contributed by atoms with Crippen LogP contribution in [-0.2, 0) is 9.53 Å². The highest BCUT2D eigenvalue weighted by Crippen LogP contribution is 2.33. The fraction of sp³-hybridized carbons (Fsp3) is 0.391. The molecule has 3 heterocycles. The molecule has 3 aromatic rings. The Balaban J connectivity index is 1.35. The van der Waals surface area contributed by atoms with Crippen LogP contribution in [-0.4, -0.2) is 47.2 Å². The zero-order valence-electron chi connectivity index (χ0n) is 18.6. The van der Waals surface area contributed by atoms with Gasteiger partial charge in [0.15, 0.2) is 10.3 Å². The Labute approximate surface area is 201 Å². The molecule has 0 bridgehead atoms. The fourth-order valence-corrected chi connectivity index (χ4v) is 5.07. The van der Waals surface area contributed by atoms with Gasteiger partial charge in [0.25, 0.3) is 0 Å². The number of rotatable bonds is 8. The van der Waals surface area contributed by atoms with Gasteiger partial charge in [0.2, 0.25) is 5.91 Å². The van der Waals surface area contributed by atoms with E-state index in [2.05, 4.69) is 20.5 Å². The molecule has 0 unspecified atom stereocenters. The Bertz CT molecular complexity index is 1130. The third-order valence-corrected chi connectivity index (χ3v) is 7.33. The lowest BCUT2D eigenvalue weighted by atomic mass is 10.3. The number of benzene rings is 1. The molecule has 1 amide bonds. The molecule has 2 aliphatic rings. The first-order chi connectivity index (χ1) is 16.1. The number of hydrogen-bond donors (Lipinski definition) is 2. The lowest BCUT2D eigenvalue weighted by molar-refractivity contribution is -0.117. The predicted octanol–water partition coefficient (Wildman–Crippen LogP) is 4.71. The van der Waals surface area contributed by atoms with E-state index in [1.807, 2.05) is 43.5 Å². The van der Waals surface area contributed by atoms with Crippen LogP contribution >= 0.6 is 23.1 Å². The second kappa shape index (κ2) is 9.66. The van der Waals surface area contributed by atoms with Crippen LogP contribution in [0.4, 0.5) is 22.5 Å². The topological polar surface area (TPSA) is 92.3 Å². The number of methoxy groups -OCH3 is 1. The molecule has 172 valence electrons. The van der Waals surface area contributed by atoms with E-state index in [0.717, 1.165) is 58.8 Å². The smallest absolute Gasteiger partial charge is 0.227 e. The van der Waals surface area contributed by atoms with E-state index in [9.17, 15) is 4.79 Å². The minimum atomic E-state index is 0.111. The molecule has 0 radical (unpaired) electrons. The summed E-state index contributed by atoms with van der Waals surface area (Å²) in [5, 5.41) is 7.76. The lowest BCUT2D eigenvalue weighted by Crippen LogP contribution is -2.23. The molecule has 10 heteroatoms. The van der Waals surface area contributed by atoms with Gasteiger partial charge in [-0.3, -0.25) is 4.79 Å².